The smallest absolute Gasteiger partial charge is 0.222 e. The van der Waals surface area contributed by atoms with Gasteiger partial charge in [-0.05, 0) is 25.5 Å². The van der Waals surface area contributed by atoms with Gasteiger partial charge in [0.15, 0.2) is 0 Å². The van der Waals surface area contributed by atoms with Gasteiger partial charge in [0.2, 0.25) is 11.8 Å². The largest absolute Gasteiger partial charge is 0.356 e. The van der Waals surface area contributed by atoms with Gasteiger partial charge in [0.1, 0.15) is 5.82 Å². The minimum atomic E-state index is -0.00569. The number of carbonyl (C=O) groups is 2. The summed E-state index contributed by atoms with van der Waals surface area (Å²) in [4.78, 5) is 29.9. The number of rotatable bonds is 7. The predicted octanol–water partition coefficient (Wildman–Crippen LogP) is 1.73. The number of hydrogen-bond acceptors (Lipinski definition) is 3. The molecule has 1 aliphatic rings. The molecule has 0 radical (unpaired) electrons. The van der Waals surface area contributed by atoms with Crippen LogP contribution < -0.4 is 5.32 Å². The third kappa shape index (κ3) is 3.58. The quantitative estimate of drug-likeness (QED) is 0.842. The minimum Gasteiger partial charge on any atom is -0.356 e. The maximum absolute atomic E-state index is 11.9. The highest BCUT2D eigenvalue weighted by molar-refractivity contribution is 5.80. The highest BCUT2D eigenvalue weighted by Gasteiger charge is 2.20. The van der Waals surface area contributed by atoms with Crippen molar-refractivity contribution in [3.8, 4) is 0 Å². The van der Waals surface area contributed by atoms with Gasteiger partial charge in [-0.15, -0.1) is 0 Å². The van der Waals surface area contributed by atoms with Crippen LogP contribution in [0.25, 0.3) is 11.0 Å². The fraction of sp³-hybridized carbons (Fsp3) is 0.500. The van der Waals surface area contributed by atoms with E-state index in [4.69, 9.17) is 0 Å². The molecule has 1 aromatic heterocycles. The first kappa shape index (κ1) is 16.5. The van der Waals surface area contributed by atoms with Crippen molar-refractivity contribution in [3.63, 3.8) is 0 Å². The Labute approximate surface area is 141 Å². The lowest BCUT2D eigenvalue weighted by Gasteiger charge is -2.14. The summed E-state index contributed by atoms with van der Waals surface area (Å²) in [5.41, 5.74) is 2.13. The lowest BCUT2D eigenvalue weighted by atomic mass is 10.3. The van der Waals surface area contributed by atoms with Gasteiger partial charge in [-0.2, -0.15) is 0 Å². The Morgan fingerprint density at radius 2 is 2.17 bits per heavy atom. The average Bonchev–Trinajstić information content (AvgIpc) is 3.15. The summed E-state index contributed by atoms with van der Waals surface area (Å²) >= 11 is 0. The highest BCUT2D eigenvalue weighted by Crippen LogP contribution is 2.16. The third-order valence-electron chi connectivity index (χ3n) is 4.50. The van der Waals surface area contributed by atoms with E-state index < -0.39 is 0 Å². The highest BCUT2D eigenvalue weighted by atomic mass is 16.2. The molecule has 0 saturated carbocycles. The zero-order valence-electron chi connectivity index (χ0n) is 14.1. The topological polar surface area (TPSA) is 67.2 Å². The number of aromatic nitrogens is 2. The molecule has 0 spiro atoms. The second-order valence-corrected chi connectivity index (χ2v) is 6.10. The molecule has 24 heavy (non-hydrogen) atoms. The number of likely N-dealkylation sites (tertiary alicyclic amines) is 1. The molecular formula is C18H24N4O2. The lowest BCUT2D eigenvalue weighted by Crippen LogP contribution is -2.32. The fourth-order valence-electron chi connectivity index (χ4n) is 3.25. The molecule has 6 heteroatoms. The van der Waals surface area contributed by atoms with Crippen LogP contribution in [-0.4, -0.2) is 45.9 Å². The molecule has 2 aromatic rings. The Kier molecular flexibility index (Phi) is 5.13. The summed E-state index contributed by atoms with van der Waals surface area (Å²) in [6.07, 6.45) is 2.61. The first-order valence-corrected chi connectivity index (χ1v) is 8.67. The summed E-state index contributed by atoms with van der Waals surface area (Å²) < 4.78 is 2.18. The molecule has 0 bridgehead atoms. The van der Waals surface area contributed by atoms with Crippen molar-refractivity contribution in [2.75, 3.05) is 19.6 Å². The molecule has 0 aliphatic carbocycles. The summed E-state index contributed by atoms with van der Waals surface area (Å²) in [5.74, 6) is 1.15. The van der Waals surface area contributed by atoms with Crippen LogP contribution in [0.2, 0.25) is 0 Å². The van der Waals surface area contributed by atoms with Gasteiger partial charge in [-0.1, -0.05) is 12.1 Å². The first-order valence-electron chi connectivity index (χ1n) is 8.67. The standard InChI is InChI=1S/C18H24N4O2/c1-2-22-15-7-4-3-6-14(15)20-16(22)9-11-19-17(23)10-13-21-12-5-8-18(21)24/h3-4,6-7H,2,5,8-13H2,1H3,(H,19,23). The van der Waals surface area contributed by atoms with Crippen molar-refractivity contribution >= 4 is 22.8 Å². The van der Waals surface area contributed by atoms with Crippen LogP contribution in [0, 0.1) is 0 Å². The molecule has 2 amide bonds. The molecule has 1 N–H and O–H groups in total. The monoisotopic (exact) mass is 328 g/mol. The fourth-order valence-corrected chi connectivity index (χ4v) is 3.25. The van der Waals surface area contributed by atoms with E-state index in [1.807, 2.05) is 18.2 Å². The Morgan fingerprint density at radius 3 is 2.92 bits per heavy atom. The van der Waals surface area contributed by atoms with Crippen LogP contribution in [0.5, 0.6) is 0 Å². The number of hydrogen-bond donors (Lipinski definition) is 1. The van der Waals surface area contributed by atoms with Crippen molar-refractivity contribution in [1.82, 2.24) is 19.8 Å². The van der Waals surface area contributed by atoms with Gasteiger partial charge in [-0.3, -0.25) is 9.59 Å². The Bertz CT molecular complexity index is 738. The van der Waals surface area contributed by atoms with Crippen molar-refractivity contribution in [2.45, 2.75) is 39.2 Å². The van der Waals surface area contributed by atoms with Crippen LogP contribution in [0.15, 0.2) is 24.3 Å². The molecule has 1 saturated heterocycles. The molecule has 2 heterocycles. The number of carbonyl (C=O) groups excluding carboxylic acids is 2. The predicted molar refractivity (Wildman–Crippen MR) is 92.6 cm³/mol. The minimum absolute atomic E-state index is 0.00569. The van der Waals surface area contributed by atoms with Crippen molar-refractivity contribution in [2.24, 2.45) is 0 Å². The second kappa shape index (κ2) is 7.47. The van der Waals surface area contributed by atoms with Gasteiger partial charge in [0, 0.05) is 45.4 Å². The van der Waals surface area contributed by atoms with Crippen LogP contribution in [0.3, 0.4) is 0 Å². The molecule has 1 aromatic carbocycles. The van der Waals surface area contributed by atoms with E-state index in [1.165, 1.54) is 0 Å². The summed E-state index contributed by atoms with van der Waals surface area (Å²) in [5, 5.41) is 2.94. The Morgan fingerprint density at radius 1 is 1.33 bits per heavy atom. The van der Waals surface area contributed by atoms with Crippen molar-refractivity contribution < 1.29 is 9.59 Å². The van der Waals surface area contributed by atoms with Crippen molar-refractivity contribution in [3.05, 3.63) is 30.1 Å². The van der Waals surface area contributed by atoms with E-state index in [2.05, 4.69) is 27.9 Å². The molecule has 1 fully saturated rings. The number of para-hydroxylation sites is 2. The number of nitrogens with zero attached hydrogens (tertiary/aromatic N) is 3. The first-order chi connectivity index (χ1) is 11.7. The third-order valence-corrected chi connectivity index (χ3v) is 4.50. The van der Waals surface area contributed by atoms with Crippen LogP contribution in [-0.2, 0) is 22.6 Å². The molecule has 128 valence electrons. The van der Waals surface area contributed by atoms with Gasteiger partial charge in [0.05, 0.1) is 11.0 Å². The zero-order valence-corrected chi connectivity index (χ0v) is 14.1. The normalized spacial score (nSPS) is 14.5. The van der Waals surface area contributed by atoms with E-state index >= 15 is 0 Å². The Balaban J connectivity index is 1.49. The van der Waals surface area contributed by atoms with Crippen LogP contribution in [0.1, 0.15) is 32.0 Å². The molecule has 6 nitrogen and oxygen atoms in total. The maximum atomic E-state index is 11.9. The number of fused-ring (bicyclic) bond motifs is 1. The average molecular weight is 328 g/mol. The summed E-state index contributed by atoms with van der Waals surface area (Å²) in [6.45, 7) is 4.84. The molecule has 0 unspecified atom stereocenters. The maximum Gasteiger partial charge on any atom is 0.222 e. The number of benzene rings is 1. The van der Waals surface area contributed by atoms with Gasteiger partial charge in [0.25, 0.3) is 0 Å². The number of nitrogens with one attached hydrogen (secondary N) is 1. The van der Waals surface area contributed by atoms with E-state index in [-0.39, 0.29) is 11.8 Å². The Hall–Kier alpha value is -2.37. The number of imidazole rings is 1. The van der Waals surface area contributed by atoms with Crippen LogP contribution >= 0.6 is 0 Å². The van der Waals surface area contributed by atoms with E-state index in [9.17, 15) is 9.59 Å². The second-order valence-electron chi connectivity index (χ2n) is 6.10. The molecule has 1 aliphatic heterocycles. The molecular weight excluding hydrogens is 304 g/mol. The molecule has 0 atom stereocenters. The van der Waals surface area contributed by atoms with Gasteiger partial charge in [-0.25, -0.2) is 4.98 Å². The van der Waals surface area contributed by atoms with Gasteiger partial charge < -0.3 is 14.8 Å². The lowest BCUT2D eigenvalue weighted by molar-refractivity contribution is -0.128. The molecule has 3 rings (SSSR count). The SMILES string of the molecule is CCn1c(CCNC(=O)CCN2CCCC2=O)nc2ccccc21. The summed E-state index contributed by atoms with van der Waals surface area (Å²) in [6, 6.07) is 8.08. The summed E-state index contributed by atoms with van der Waals surface area (Å²) in [7, 11) is 0. The zero-order chi connectivity index (χ0) is 16.9. The number of amides is 2. The van der Waals surface area contributed by atoms with Crippen LogP contribution in [0.4, 0.5) is 0 Å². The number of aryl methyl sites for hydroxylation is 1. The van der Waals surface area contributed by atoms with Gasteiger partial charge >= 0.3 is 0 Å². The van der Waals surface area contributed by atoms with E-state index in [0.717, 1.165) is 36.4 Å². The van der Waals surface area contributed by atoms with Crippen molar-refractivity contribution in [1.29, 1.82) is 0 Å². The van der Waals surface area contributed by atoms with E-state index in [0.29, 0.717) is 32.4 Å². The van der Waals surface area contributed by atoms with E-state index in [1.54, 1.807) is 4.90 Å².